The van der Waals surface area contributed by atoms with Gasteiger partial charge in [0, 0.05) is 16.2 Å². The topological polar surface area (TPSA) is 0 Å². The van der Waals surface area contributed by atoms with Gasteiger partial charge in [-0.25, -0.2) is 0 Å². The van der Waals surface area contributed by atoms with Gasteiger partial charge in [0.25, 0.3) is 0 Å². The molecule has 0 saturated heterocycles. The summed E-state index contributed by atoms with van der Waals surface area (Å²) in [5.74, 6) is 0. The highest BCUT2D eigenvalue weighted by atomic mass is 32.1. The van der Waals surface area contributed by atoms with Crippen molar-refractivity contribution in [2.24, 2.45) is 0 Å². The Kier molecular flexibility index (Phi) is 1.80. The zero-order valence-electron chi connectivity index (χ0n) is 6.35. The Hall–Kier alpha value is -1.03. The summed E-state index contributed by atoms with van der Waals surface area (Å²) in [4.78, 5) is 0. The molecule has 4 heteroatoms. The van der Waals surface area contributed by atoms with E-state index in [9.17, 15) is 13.2 Å². The second-order valence-corrected chi connectivity index (χ2v) is 3.50. The van der Waals surface area contributed by atoms with Gasteiger partial charge in [-0.3, -0.25) is 0 Å². The Balaban J connectivity index is 2.61. The second kappa shape index (κ2) is 2.73. The molecular weight excluding hydrogens is 197 g/mol. The van der Waals surface area contributed by atoms with Crippen molar-refractivity contribution >= 4 is 21.4 Å². The lowest BCUT2D eigenvalue weighted by atomic mass is 10.2. The highest BCUT2D eigenvalue weighted by molar-refractivity contribution is 7.17. The molecule has 0 aliphatic rings. The third-order valence-electron chi connectivity index (χ3n) is 1.71. The number of rotatable bonds is 0. The minimum Gasteiger partial charge on any atom is -0.166 e. The van der Waals surface area contributed by atoms with Crippen LogP contribution in [0.5, 0.6) is 0 Å². The van der Waals surface area contributed by atoms with Gasteiger partial charge in [-0.1, -0.05) is 6.07 Å². The third kappa shape index (κ3) is 1.54. The van der Waals surface area contributed by atoms with Crippen LogP contribution in [0.2, 0.25) is 0 Å². The molecule has 0 amide bonds. The van der Waals surface area contributed by atoms with Crippen molar-refractivity contribution in [1.82, 2.24) is 0 Å². The Morgan fingerprint density at radius 3 is 2.69 bits per heavy atom. The van der Waals surface area contributed by atoms with E-state index in [0.717, 1.165) is 17.5 Å². The van der Waals surface area contributed by atoms with Crippen LogP contribution in [0, 0.1) is 6.07 Å². The lowest BCUT2D eigenvalue weighted by molar-refractivity contribution is -0.137. The summed E-state index contributed by atoms with van der Waals surface area (Å²) in [6.07, 6.45) is -4.25. The van der Waals surface area contributed by atoms with Crippen LogP contribution in [0.3, 0.4) is 0 Å². The predicted molar refractivity (Wildman–Crippen MR) is 45.7 cm³/mol. The van der Waals surface area contributed by atoms with E-state index in [-0.39, 0.29) is 0 Å². The van der Waals surface area contributed by atoms with Crippen molar-refractivity contribution in [2.45, 2.75) is 6.18 Å². The summed E-state index contributed by atoms with van der Waals surface area (Å²) in [5, 5.41) is 2.39. The van der Waals surface area contributed by atoms with Crippen LogP contribution < -0.4 is 0 Å². The molecule has 2 rings (SSSR count). The van der Waals surface area contributed by atoms with Crippen LogP contribution in [-0.4, -0.2) is 0 Å². The standard InChI is InChI=1S/C9H4F3S/c10-9(11,12)7-2-1-6-3-4-13-8(6)5-7/h1-2,4-5H. The molecule has 0 fully saturated rings. The molecule has 1 aromatic carbocycles. The van der Waals surface area contributed by atoms with Gasteiger partial charge < -0.3 is 0 Å². The Labute approximate surface area is 76.6 Å². The van der Waals surface area contributed by atoms with Crippen LogP contribution in [0.4, 0.5) is 13.2 Å². The Bertz CT molecular complexity index is 428. The van der Waals surface area contributed by atoms with Crippen LogP contribution in [0.25, 0.3) is 10.1 Å². The number of fused-ring (bicyclic) bond motifs is 1. The SMILES string of the molecule is FC(F)(F)c1ccc2[c]csc2c1. The second-order valence-electron chi connectivity index (χ2n) is 2.59. The van der Waals surface area contributed by atoms with Crippen molar-refractivity contribution in [3.63, 3.8) is 0 Å². The highest BCUT2D eigenvalue weighted by Gasteiger charge is 2.30. The van der Waals surface area contributed by atoms with E-state index in [1.165, 1.54) is 17.4 Å². The molecule has 1 radical (unpaired) electrons. The summed E-state index contributed by atoms with van der Waals surface area (Å²) in [5.41, 5.74) is -0.601. The van der Waals surface area contributed by atoms with Gasteiger partial charge in [0.15, 0.2) is 0 Å². The Morgan fingerprint density at radius 1 is 1.23 bits per heavy atom. The van der Waals surface area contributed by atoms with Crippen molar-refractivity contribution in [1.29, 1.82) is 0 Å². The van der Waals surface area contributed by atoms with Crippen LogP contribution in [0.1, 0.15) is 5.56 Å². The van der Waals surface area contributed by atoms with E-state index >= 15 is 0 Å². The van der Waals surface area contributed by atoms with E-state index in [0.29, 0.717) is 4.70 Å². The lowest BCUT2D eigenvalue weighted by Gasteiger charge is -2.05. The van der Waals surface area contributed by atoms with Gasteiger partial charge >= 0.3 is 6.18 Å². The van der Waals surface area contributed by atoms with E-state index in [1.54, 1.807) is 5.38 Å². The molecular formula is C9H4F3S. The molecule has 2 aromatic rings. The average molecular weight is 201 g/mol. The molecule has 67 valence electrons. The van der Waals surface area contributed by atoms with Gasteiger partial charge in [0.2, 0.25) is 0 Å². The fourth-order valence-corrected chi connectivity index (χ4v) is 1.83. The maximum Gasteiger partial charge on any atom is 0.416 e. The van der Waals surface area contributed by atoms with Gasteiger partial charge in [0.05, 0.1) is 5.56 Å². The van der Waals surface area contributed by atoms with Crippen LogP contribution >= 0.6 is 11.3 Å². The first kappa shape index (κ1) is 8.56. The van der Waals surface area contributed by atoms with Crippen LogP contribution in [0.15, 0.2) is 23.6 Å². The molecule has 13 heavy (non-hydrogen) atoms. The molecule has 1 heterocycles. The van der Waals surface area contributed by atoms with E-state index in [1.807, 2.05) is 0 Å². The predicted octanol–water partition coefficient (Wildman–Crippen LogP) is 3.72. The first-order chi connectivity index (χ1) is 6.07. The monoisotopic (exact) mass is 201 g/mol. The Morgan fingerprint density at radius 2 is 2.00 bits per heavy atom. The third-order valence-corrected chi connectivity index (χ3v) is 2.54. The molecule has 0 aliphatic heterocycles. The van der Waals surface area contributed by atoms with Crippen molar-refractivity contribution in [2.75, 3.05) is 0 Å². The number of hydrogen-bond donors (Lipinski definition) is 0. The fourth-order valence-electron chi connectivity index (χ4n) is 1.07. The number of alkyl halides is 3. The summed E-state index contributed by atoms with van der Waals surface area (Å²) in [7, 11) is 0. The van der Waals surface area contributed by atoms with Gasteiger partial charge in [-0.2, -0.15) is 13.2 Å². The highest BCUT2D eigenvalue weighted by Crippen LogP contribution is 2.32. The lowest BCUT2D eigenvalue weighted by Crippen LogP contribution is -2.03. The molecule has 0 atom stereocenters. The molecule has 1 aromatic heterocycles. The van der Waals surface area contributed by atoms with Gasteiger partial charge in [-0.15, -0.1) is 11.3 Å². The molecule has 0 saturated carbocycles. The van der Waals surface area contributed by atoms with Crippen molar-refractivity contribution in [3.05, 3.63) is 35.2 Å². The molecule has 0 bridgehead atoms. The average Bonchev–Trinajstić information content (AvgIpc) is 2.47. The van der Waals surface area contributed by atoms with Crippen molar-refractivity contribution < 1.29 is 13.2 Å². The van der Waals surface area contributed by atoms with Crippen molar-refractivity contribution in [3.8, 4) is 0 Å². The molecule has 0 N–H and O–H groups in total. The van der Waals surface area contributed by atoms with Crippen LogP contribution in [-0.2, 0) is 6.18 Å². The zero-order chi connectivity index (χ0) is 9.47. The van der Waals surface area contributed by atoms with E-state index < -0.39 is 11.7 Å². The van der Waals surface area contributed by atoms with E-state index in [2.05, 4.69) is 6.07 Å². The van der Waals surface area contributed by atoms with E-state index in [4.69, 9.17) is 0 Å². The summed E-state index contributed by atoms with van der Waals surface area (Å²) in [6, 6.07) is 6.51. The summed E-state index contributed by atoms with van der Waals surface area (Å²) in [6.45, 7) is 0. The quantitative estimate of drug-likeness (QED) is 0.609. The van der Waals surface area contributed by atoms with Gasteiger partial charge in [0.1, 0.15) is 0 Å². The first-order valence-corrected chi connectivity index (χ1v) is 4.41. The summed E-state index contributed by atoms with van der Waals surface area (Å²) >= 11 is 1.26. The largest absolute Gasteiger partial charge is 0.416 e. The number of hydrogen-bond acceptors (Lipinski definition) is 1. The fraction of sp³-hybridized carbons (Fsp3) is 0.111. The zero-order valence-corrected chi connectivity index (χ0v) is 7.17. The normalized spacial score (nSPS) is 12.2. The smallest absolute Gasteiger partial charge is 0.166 e. The number of thiophene rings is 1. The number of benzene rings is 1. The van der Waals surface area contributed by atoms with Gasteiger partial charge in [-0.05, 0) is 17.5 Å². The molecule has 0 spiro atoms. The molecule has 0 nitrogen and oxygen atoms in total. The first-order valence-electron chi connectivity index (χ1n) is 3.53. The maximum atomic E-state index is 12.2. The summed E-state index contributed by atoms with van der Waals surface area (Å²) < 4.78 is 37.3. The number of halogens is 3. The minimum absolute atomic E-state index is 0.601. The molecule has 0 aliphatic carbocycles. The molecule has 0 unspecified atom stereocenters. The minimum atomic E-state index is -4.25. The maximum absolute atomic E-state index is 12.2.